The summed E-state index contributed by atoms with van der Waals surface area (Å²) in [4.78, 5) is 13.6. The summed E-state index contributed by atoms with van der Waals surface area (Å²) < 4.78 is 13.5. The molecule has 0 bridgehead atoms. The third kappa shape index (κ3) is 2.88. The Balaban J connectivity index is 1.84. The highest BCUT2D eigenvalue weighted by Crippen LogP contribution is 2.43. The van der Waals surface area contributed by atoms with E-state index in [2.05, 4.69) is 5.32 Å². The maximum Gasteiger partial charge on any atom is 0.252 e. The van der Waals surface area contributed by atoms with E-state index in [-0.39, 0.29) is 5.91 Å². The minimum atomic E-state index is -0.849. The van der Waals surface area contributed by atoms with Gasteiger partial charge in [0.2, 0.25) is 0 Å². The topological polar surface area (TPSA) is 29.1 Å². The molecule has 1 aliphatic carbocycles. The molecule has 1 aliphatic rings. The van der Waals surface area contributed by atoms with Crippen LogP contribution in [0.2, 0.25) is 0 Å². The second kappa shape index (κ2) is 6.13. The molecule has 3 rings (SSSR count). The third-order valence-electron chi connectivity index (χ3n) is 4.15. The lowest BCUT2D eigenvalue weighted by Crippen LogP contribution is -2.55. The molecule has 0 radical (unpaired) electrons. The molecule has 1 saturated carbocycles. The normalized spacial score (nSPS) is 23.6. The van der Waals surface area contributed by atoms with E-state index in [4.69, 9.17) is 0 Å². The van der Waals surface area contributed by atoms with Crippen LogP contribution in [-0.2, 0) is 5.54 Å². The van der Waals surface area contributed by atoms with E-state index in [1.807, 2.05) is 54.8 Å². The Morgan fingerprint density at radius 3 is 2.55 bits per heavy atom. The summed E-state index contributed by atoms with van der Waals surface area (Å²) in [5.41, 5.74) is 1.01. The molecule has 2 aromatic rings. The lowest BCUT2D eigenvalue weighted by atomic mass is 9.70. The van der Waals surface area contributed by atoms with E-state index in [1.165, 1.54) is 0 Å². The van der Waals surface area contributed by atoms with Gasteiger partial charge in [0.1, 0.15) is 6.17 Å². The smallest absolute Gasteiger partial charge is 0.252 e. The second-order valence-electron chi connectivity index (χ2n) is 5.64. The summed E-state index contributed by atoms with van der Waals surface area (Å²) >= 11 is 1.59. The molecule has 1 N–H and O–H groups in total. The molecule has 0 unspecified atom stereocenters. The van der Waals surface area contributed by atoms with Gasteiger partial charge in [0.15, 0.2) is 0 Å². The Morgan fingerprint density at radius 2 is 1.91 bits per heavy atom. The zero-order chi connectivity index (χ0) is 15.6. The predicted molar refractivity (Wildman–Crippen MR) is 87.9 cm³/mol. The van der Waals surface area contributed by atoms with Crippen molar-refractivity contribution >= 4 is 17.7 Å². The lowest BCUT2D eigenvalue weighted by molar-refractivity contribution is 0.0527. The average Bonchev–Trinajstić information content (AvgIpc) is 2.54. The monoisotopic (exact) mass is 315 g/mol. The molecule has 0 heterocycles. The summed E-state index contributed by atoms with van der Waals surface area (Å²) in [6, 6.07) is 17.2. The highest BCUT2D eigenvalue weighted by Gasteiger charge is 2.47. The number of nitrogens with one attached hydrogen (secondary N) is 1. The molecule has 1 amide bonds. The highest BCUT2D eigenvalue weighted by molar-refractivity contribution is 7.98. The van der Waals surface area contributed by atoms with Crippen molar-refractivity contribution in [2.24, 2.45) is 0 Å². The fourth-order valence-corrected chi connectivity index (χ4v) is 3.38. The molecule has 0 aromatic heterocycles. The maximum absolute atomic E-state index is 13.5. The number of rotatable bonds is 4. The number of thioether (sulfide) groups is 1. The number of carbonyl (C=O) groups excluding carboxylic acids is 1. The number of amides is 1. The quantitative estimate of drug-likeness (QED) is 0.858. The number of carbonyl (C=O) groups is 1. The zero-order valence-electron chi connectivity index (χ0n) is 12.4. The van der Waals surface area contributed by atoms with Gasteiger partial charge in [-0.05, 0) is 30.0 Å². The van der Waals surface area contributed by atoms with Gasteiger partial charge in [0, 0.05) is 23.3 Å². The Labute approximate surface area is 134 Å². The first-order valence-electron chi connectivity index (χ1n) is 7.29. The van der Waals surface area contributed by atoms with Gasteiger partial charge in [-0.3, -0.25) is 4.79 Å². The molecule has 2 aromatic carbocycles. The van der Waals surface area contributed by atoms with E-state index in [0.717, 1.165) is 10.5 Å². The van der Waals surface area contributed by atoms with Crippen LogP contribution in [0.4, 0.5) is 4.39 Å². The van der Waals surface area contributed by atoms with Gasteiger partial charge in [0.05, 0.1) is 5.54 Å². The van der Waals surface area contributed by atoms with Crippen molar-refractivity contribution in [3.8, 4) is 0 Å². The largest absolute Gasteiger partial charge is 0.342 e. The fourth-order valence-electron chi connectivity index (χ4n) is 2.92. The number of hydrogen-bond donors (Lipinski definition) is 1. The summed E-state index contributed by atoms with van der Waals surface area (Å²) in [7, 11) is 0. The van der Waals surface area contributed by atoms with E-state index in [9.17, 15) is 9.18 Å². The van der Waals surface area contributed by atoms with Crippen LogP contribution in [-0.4, -0.2) is 18.3 Å². The van der Waals surface area contributed by atoms with Gasteiger partial charge in [-0.1, -0.05) is 36.4 Å². The first kappa shape index (κ1) is 15.1. The second-order valence-corrected chi connectivity index (χ2v) is 6.52. The first-order chi connectivity index (χ1) is 10.6. The molecule has 114 valence electrons. The van der Waals surface area contributed by atoms with E-state index >= 15 is 0 Å². The van der Waals surface area contributed by atoms with Crippen LogP contribution in [0.1, 0.15) is 28.8 Å². The van der Waals surface area contributed by atoms with Gasteiger partial charge < -0.3 is 5.32 Å². The Hall–Kier alpha value is -1.81. The standard InChI is InChI=1S/C18H18FNOS/c1-22-16-9-5-6-13(10-16)17(21)20-18(11-15(19)12-18)14-7-3-2-4-8-14/h2-10,15H,11-12H2,1H3,(H,20,21). The summed E-state index contributed by atoms with van der Waals surface area (Å²) in [6.07, 6.45) is 1.80. The van der Waals surface area contributed by atoms with Crippen LogP contribution in [0.25, 0.3) is 0 Å². The third-order valence-corrected chi connectivity index (χ3v) is 4.88. The summed E-state index contributed by atoms with van der Waals surface area (Å²) in [5.74, 6) is -0.147. The van der Waals surface area contributed by atoms with Crippen LogP contribution < -0.4 is 5.32 Å². The van der Waals surface area contributed by atoms with Gasteiger partial charge in [-0.25, -0.2) is 4.39 Å². The van der Waals surface area contributed by atoms with E-state index in [1.54, 1.807) is 17.8 Å². The number of halogens is 1. The first-order valence-corrected chi connectivity index (χ1v) is 8.52. The van der Waals surface area contributed by atoms with Gasteiger partial charge in [-0.2, -0.15) is 0 Å². The van der Waals surface area contributed by atoms with Gasteiger partial charge >= 0.3 is 0 Å². The molecule has 4 heteroatoms. The maximum atomic E-state index is 13.5. The van der Waals surface area contributed by atoms with E-state index < -0.39 is 11.7 Å². The Morgan fingerprint density at radius 1 is 1.18 bits per heavy atom. The molecule has 22 heavy (non-hydrogen) atoms. The van der Waals surface area contributed by atoms with Crippen molar-refractivity contribution < 1.29 is 9.18 Å². The van der Waals surface area contributed by atoms with Crippen LogP contribution in [0.15, 0.2) is 59.5 Å². The van der Waals surface area contributed by atoms with Crippen LogP contribution in [0, 0.1) is 0 Å². The van der Waals surface area contributed by atoms with Crippen molar-refractivity contribution in [3.63, 3.8) is 0 Å². The Bertz CT molecular complexity index is 668. The van der Waals surface area contributed by atoms with Crippen LogP contribution >= 0.6 is 11.8 Å². The van der Waals surface area contributed by atoms with Crippen molar-refractivity contribution in [3.05, 3.63) is 65.7 Å². The van der Waals surface area contributed by atoms with Gasteiger partial charge in [-0.15, -0.1) is 11.8 Å². The highest BCUT2D eigenvalue weighted by atomic mass is 32.2. The molecule has 0 atom stereocenters. The number of hydrogen-bond acceptors (Lipinski definition) is 2. The SMILES string of the molecule is CSc1cccc(C(=O)NC2(c3ccccc3)CC(F)C2)c1. The minimum Gasteiger partial charge on any atom is -0.342 e. The molecule has 2 nitrogen and oxygen atoms in total. The van der Waals surface area contributed by atoms with Crippen molar-refractivity contribution in [1.82, 2.24) is 5.32 Å². The number of alkyl halides is 1. The Kier molecular flexibility index (Phi) is 4.21. The lowest BCUT2D eigenvalue weighted by Gasteiger charge is -2.45. The molecule has 0 saturated heterocycles. The molecular weight excluding hydrogens is 297 g/mol. The molecule has 0 spiro atoms. The predicted octanol–water partition coefficient (Wildman–Crippen LogP) is 4.17. The molecule has 1 fully saturated rings. The van der Waals surface area contributed by atoms with Crippen molar-refractivity contribution in [2.45, 2.75) is 29.4 Å². The van der Waals surface area contributed by atoms with Crippen LogP contribution in [0.5, 0.6) is 0 Å². The van der Waals surface area contributed by atoms with Crippen molar-refractivity contribution in [2.75, 3.05) is 6.26 Å². The average molecular weight is 315 g/mol. The van der Waals surface area contributed by atoms with Gasteiger partial charge in [0.25, 0.3) is 5.91 Å². The number of benzene rings is 2. The fraction of sp³-hybridized carbons (Fsp3) is 0.278. The summed E-state index contributed by atoms with van der Waals surface area (Å²) in [6.45, 7) is 0. The van der Waals surface area contributed by atoms with E-state index in [0.29, 0.717) is 18.4 Å². The summed E-state index contributed by atoms with van der Waals surface area (Å²) in [5, 5.41) is 3.06. The minimum absolute atomic E-state index is 0.147. The zero-order valence-corrected chi connectivity index (χ0v) is 13.2. The van der Waals surface area contributed by atoms with Crippen molar-refractivity contribution in [1.29, 1.82) is 0 Å². The molecule has 0 aliphatic heterocycles. The molecular formula is C18H18FNOS. The van der Waals surface area contributed by atoms with Crippen LogP contribution in [0.3, 0.4) is 0 Å².